The number of aromatic nitrogens is 4. The van der Waals surface area contributed by atoms with Crippen molar-refractivity contribution in [1.29, 1.82) is 0 Å². The van der Waals surface area contributed by atoms with Crippen LogP contribution in [0.25, 0.3) is 0 Å². The predicted octanol–water partition coefficient (Wildman–Crippen LogP) is 2.41. The summed E-state index contributed by atoms with van der Waals surface area (Å²) >= 11 is 0. The van der Waals surface area contributed by atoms with E-state index < -0.39 is 0 Å². The van der Waals surface area contributed by atoms with Gasteiger partial charge in [0.1, 0.15) is 11.6 Å². The summed E-state index contributed by atoms with van der Waals surface area (Å²) in [6, 6.07) is 1.76. The molecule has 0 spiro atoms. The van der Waals surface area contributed by atoms with Gasteiger partial charge in [0.15, 0.2) is 5.82 Å². The summed E-state index contributed by atoms with van der Waals surface area (Å²) < 4.78 is 5.05. The molecule has 1 aliphatic heterocycles. The molecule has 0 aliphatic carbocycles. The number of rotatable bonds is 6. The minimum absolute atomic E-state index is 0.0880. The van der Waals surface area contributed by atoms with Gasteiger partial charge in [-0.25, -0.2) is 15.0 Å². The third kappa shape index (κ3) is 4.51. The zero-order chi connectivity index (χ0) is 18.4. The maximum Gasteiger partial charge on any atom is 0.225 e. The van der Waals surface area contributed by atoms with Gasteiger partial charge < -0.3 is 15.0 Å². The van der Waals surface area contributed by atoms with Gasteiger partial charge in [-0.05, 0) is 26.2 Å². The maximum absolute atomic E-state index is 12.6. The molecule has 138 valence electrons. The van der Waals surface area contributed by atoms with Crippen molar-refractivity contribution in [2.45, 2.75) is 38.6 Å². The average molecular weight is 356 g/mol. The number of nitrogens with zero attached hydrogens (tertiary/aromatic N) is 5. The van der Waals surface area contributed by atoms with E-state index in [0.717, 1.165) is 31.5 Å². The number of hydrogen-bond donors (Lipinski definition) is 1. The molecule has 1 aliphatic rings. The van der Waals surface area contributed by atoms with Crippen molar-refractivity contribution >= 4 is 17.5 Å². The van der Waals surface area contributed by atoms with Crippen LogP contribution in [-0.4, -0.2) is 51.0 Å². The Labute approximate surface area is 153 Å². The zero-order valence-corrected chi connectivity index (χ0v) is 15.2. The van der Waals surface area contributed by atoms with Gasteiger partial charge in [0, 0.05) is 37.8 Å². The largest absolute Gasteiger partial charge is 0.384 e. The summed E-state index contributed by atoms with van der Waals surface area (Å²) in [4.78, 5) is 32.0. The van der Waals surface area contributed by atoms with Gasteiger partial charge in [0.2, 0.25) is 5.91 Å². The number of methoxy groups -OCH3 is 1. The third-order valence-corrected chi connectivity index (χ3v) is 4.33. The van der Waals surface area contributed by atoms with Crippen LogP contribution in [0.2, 0.25) is 0 Å². The third-order valence-electron chi connectivity index (χ3n) is 4.33. The highest BCUT2D eigenvalue weighted by Crippen LogP contribution is 2.30. The zero-order valence-electron chi connectivity index (χ0n) is 15.2. The van der Waals surface area contributed by atoms with Crippen LogP contribution in [0.3, 0.4) is 0 Å². The standard InChI is InChI=1S/C18H24N6O2/c1-13-11-15(22-16-12-19-7-8-20-16)23-18(21-13)14-5-3-4-9-24(14)17(25)6-10-26-2/h7-8,11-12,14H,3-6,9-10H2,1-2H3,(H,20,21,22,23)/t14-/m0/s1. The Hall–Kier alpha value is -2.61. The van der Waals surface area contributed by atoms with Crippen molar-refractivity contribution in [3.8, 4) is 0 Å². The fraction of sp³-hybridized carbons (Fsp3) is 0.500. The number of piperidine rings is 1. The molecule has 0 saturated carbocycles. The lowest BCUT2D eigenvalue weighted by Gasteiger charge is -2.35. The second-order valence-electron chi connectivity index (χ2n) is 6.31. The Kier molecular flexibility index (Phi) is 6.06. The number of ether oxygens (including phenoxy) is 1. The molecule has 0 bridgehead atoms. The first-order chi connectivity index (χ1) is 12.7. The molecule has 1 saturated heterocycles. The van der Waals surface area contributed by atoms with Crippen molar-refractivity contribution in [2.75, 3.05) is 25.6 Å². The molecule has 1 N–H and O–H groups in total. The van der Waals surface area contributed by atoms with Crippen molar-refractivity contribution in [2.24, 2.45) is 0 Å². The van der Waals surface area contributed by atoms with Crippen molar-refractivity contribution in [1.82, 2.24) is 24.8 Å². The van der Waals surface area contributed by atoms with E-state index in [1.807, 2.05) is 17.9 Å². The fourth-order valence-electron chi connectivity index (χ4n) is 3.13. The summed E-state index contributed by atoms with van der Waals surface area (Å²) in [5, 5.41) is 3.15. The first kappa shape index (κ1) is 18.2. The normalized spacial score (nSPS) is 17.2. The first-order valence-corrected chi connectivity index (χ1v) is 8.84. The highest BCUT2D eigenvalue weighted by Gasteiger charge is 2.30. The first-order valence-electron chi connectivity index (χ1n) is 8.84. The number of likely N-dealkylation sites (tertiary alicyclic amines) is 1. The smallest absolute Gasteiger partial charge is 0.225 e. The molecule has 0 radical (unpaired) electrons. The van der Waals surface area contributed by atoms with Crippen LogP contribution in [0, 0.1) is 6.92 Å². The quantitative estimate of drug-likeness (QED) is 0.849. The van der Waals surface area contributed by atoms with E-state index in [1.165, 1.54) is 0 Å². The van der Waals surface area contributed by atoms with Crippen LogP contribution >= 0.6 is 0 Å². The lowest BCUT2D eigenvalue weighted by Crippen LogP contribution is -2.39. The van der Waals surface area contributed by atoms with E-state index in [0.29, 0.717) is 30.5 Å². The Morgan fingerprint density at radius 1 is 1.31 bits per heavy atom. The molecule has 2 aromatic heterocycles. The fourth-order valence-corrected chi connectivity index (χ4v) is 3.13. The Morgan fingerprint density at radius 3 is 2.96 bits per heavy atom. The number of aryl methyl sites for hydroxylation is 1. The average Bonchev–Trinajstić information content (AvgIpc) is 2.66. The van der Waals surface area contributed by atoms with Crippen LogP contribution in [0.5, 0.6) is 0 Å². The number of nitrogens with one attached hydrogen (secondary N) is 1. The van der Waals surface area contributed by atoms with Crippen LogP contribution in [0.15, 0.2) is 24.7 Å². The molecule has 8 nitrogen and oxygen atoms in total. The van der Waals surface area contributed by atoms with E-state index in [4.69, 9.17) is 4.74 Å². The van der Waals surface area contributed by atoms with Gasteiger partial charge in [0.25, 0.3) is 0 Å². The topological polar surface area (TPSA) is 93.1 Å². The van der Waals surface area contributed by atoms with Gasteiger partial charge in [-0.2, -0.15) is 0 Å². The van der Waals surface area contributed by atoms with E-state index in [-0.39, 0.29) is 11.9 Å². The van der Waals surface area contributed by atoms with Crippen molar-refractivity contribution in [3.05, 3.63) is 36.2 Å². The number of carbonyl (C=O) groups excluding carboxylic acids is 1. The molecule has 3 heterocycles. The Morgan fingerprint density at radius 2 is 2.19 bits per heavy atom. The van der Waals surface area contributed by atoms with Gasteiger partial charge >= 0.3 is 0 Å². The van der Waals surface area contributed by atoms with Gasteiger partial charge in [-0.3, -0.25) is 9.78 Å². The minimum atomic E-state index is -0.101. The van der Waals surface area contributed by atoms with Crippen molar-refractivity contribution in [3.63, 3.8) is 0 Å². The number of carbonyl (C=O) groups is 1. The van der Waals surface area contributed by atoms with Gasteiger partial charge in [0.05, 0.1) is 25.3 Å². The second-order valence-corrected chi connectivity index (χ2v) is 6.31. The monoisotopic (exact) mass is 356 g/mol. The maximum atomic E-state index is 12.6. The SMILES string of the molecule is COCCC(=O)N1CCCC[C@H]1c1nc(C)cc(Nc2cnccn2)n1. The molecular formula is C18H24N6O2. The lowest BCUT2D eigenvalue weighted by atomic mass is 10.0. The van der Waals surface area contributed by atoms with E-state index in [2.05, 4.69) is 25.3 Å². The van der Waals surface area contributed by atoms with Gasteiger partial charge in [-0.1, -0.05) is 0 Å². The molecule has 8 heteroatoms. The Bertz CT molecular complexity index is 740. The molecule has 1 amide bonds. The molecule has 2 aromatic rings. The number of amides is 1. The van der Waals surface area contributed by atoms with Crippen LogP contribution in [0.1, 0.15) is 43.2 Å². The van der Waals surface area contributed by atoms with E-state index in [9.17, 15) is 4.79 Å². The Balaban J connectivity index is 1.83. The van der Waals surface area contributed by atoms with Gasteiger partial charge in [-0.15, -0.1) is 0 Å². The summed E-state index contributed by atoms with van der Waals surface area (Å²) in [5.41, 5.74) is 0.844. The van der Waals surface area contributed by atoms with Crippen LogP contribution < -0.4 is 5.32 Å². The number of anilines is 2. The summed E-state index contributed by atoms with van der Waals surface area (Å²) in [6.45, 7) is 3.08. The molecule has 0 aromatic carbocycles. The predicted molar refractivity (Wildman–Crippen MR) is 96.9 cm³/mol. The van der Waals surface area contributed by atoms with E-state index >= 15 is 0 Å². The number of hydrogen-bond acceptors (Lipinski definition) is 7. The summed E-state index contributed by atoms with van der Waals surface area (Å²) in [5.74, 6) is 2.03. The lowest BCUT2D eigenvalue weighted by molar-refractivity contribution is -0.136. The van der Waals surface area contributed by atoms with Crippen LogP contribution in [0.4, 0.5) is 11.6 Å². The summed E-state index contributed by atoms with van der Waals surface area (Å²) in [7, 11) is 1.61. The highest BCUT2D eigenvalue weighted by molar-refractivity contribution is 5.76. The van der Waals surface area contributed by atoms with Crippen molar-refractivity contribution < 1.29 is 9.53 Å². The molecule has 3 rings (SSSR count). The molecule has 1 fully saturated rings. The molecule has 1 atom stereocenters. The highest BCUT2D eigenvalue weighted by atomic mass is 16.5. The molecular weight excluding hydrogens is 332 g/mol. The molecule has 26 heavy (non-hydrogen) atoms. The summed E-state index contributed by atoms with van der Waals surface area (Å²) in [6.07, 6.45) is 8.19. The van der Waals surface area contributed by atoms with Crippen LogP contribution in [-0.2, 0) is 9.53 Å². The molecule has 0 unspecified atom stereocenters. The van der Waals surface area contributed by atoms with E-state index in [1.54, 1.807) is 25.7 Å². The minimum Gasteiger partial charge on any atom is -0.384 e. The second kappa shape index (κ2) is 8.66.